The van der Waals surface area contributed by atoms with Gasteiger partial charge in [-0.25, -0.2) is 5.43 Å². The number of halogens is 2. The summed E-state index contributed by atoms with van der Waals surface area (Å²) in [5.74, 6) is -0.0187. The summed E-state index contributed by atoms with van der Waals surface area (Å²) in [6.07, 6.45) is 2.25. The molecule has 0 spiro atoms. The van der Waals surface area contributed by atoms with Crippen LogP contribution in [0, 0.1) is 6.92 Å². The fourth-order valence-electron chi connectivity index (χ4n) is 5.61. The number of nitrogens with one attached hydrogen (secondary N) is 1. The molecule has 42 heavy (non-hydrogen) atoms. The van der Waals surface area contributed by atoms with E-state index < -0.39 is 7.40 Å². The normalized spacial score (nSPS) is 14.5. The van der Waals surface area contributed by atoms with Crippen LogP contribution < -0.4 is 10.2 Å². The lowest BCUT2D eigenvalue weighted by molar-refractivity contribution is 0.0955. The monoisotopic (exact) mass is 564 g/mol. The Morgan fingerprint density at radius 1 is 1.02 bits per heavy atom. The maximum Gasteiger partial charge on any atom is 0.678 e. The number of amides is 1. The van der Waals surface area contributed by atoms with Crippen LogP contribution in [0.5, 0.6) is 5.75 Å². The van der Waals surface area contributed by atoms with E-state index in [0.29, 0.717) is 50.3 Å². The Bertz CT molecular complexity index is 1790. The molecule has 0 unspecified atom stereocenters. The molecule has 0 radical (unpaired) electrons. The number of nitrogens with zero attached hydrogens (tertiary/aromatic N) is 3. The van der Waals surface area contributed by atoms with Gasteiger partial charge in [0.1, 0.15) is 5.75 Å². The molecule has 9 heteroatoms. The number of allylic oxidation sites excluding steroid dienone is 2. The van der Waals surface area contributed by atoms with Gasteiger partial charge in [0.2, 0.25) is 0 Å². The van der Waals surface area contributed by atoms with Crippen LogP contribution in [0.25, 0.3) is 16.5 Å². The number of carbonyl (C=O) groups is 1. The van der Waals surface area contributed by atoms with Crippen molar-refractivity contribution in [3.8, 4) is 5.75 Å². The summed E-state index contributed by atoms with van der Waals surface area (Å²) in [6.45, 7) is 7.88. The fourth-order valence-corrected chi connectivity index (χ4v) is 5.61. The van der Waals surface area contributed by atoms with E-state index in [-0.39, 0.29) is 5.91 Å². The Balaban J connectivity index is 1.71. The Morgan fingerprint density at radius 3 is 2.24 bits per heavy atom. The van der Waals surface area contributed by atoms with Crippen molar-refractivity contribution in [1.29, 1.82) is 0 Å². The highest BCUT2D eigenvalue weighted by Gasteiger charge is 2.32. The average molecular weight is 564 g/mol. The molecule has 2 heterocycles. The van der Waals surface area contributed by atoms with Gasteiger partial charge in [-0.15, -0.1) is 0 Å². The van der Waals surface area contributed by atoms with Gasteiger partial charge < -0.3 is 9.21 Å². The standard InChI is InChI=1S/C33H31BF2N4O2/c1-6-26-20(2)31(38-22(26)4)30(23-13-9-7-10-14-23)32-21(3)27-17-25(29(42-5)18-28(27)40(32)34(35)36)19-37-39-33(41)24-15-11-8-12-16-24/h7-19H,6H2,1-5H3,(H,39,41)/b31-30-,37-19+. The van der Waals surface area contributed by atoms with Crippen LogP contribution in [0.3, 0.4) is 0 Å². The molecule has 6 nitrogen and oxygen atoms in total. The van der Waals surface area contributed by atoms with Crippen LogP contribution in [-0.2, 0) is 0 Å². The van der Waals surface area contributed by atoms with Crippen molar-refractivity contribution in [1.82, 2.24) is 9.90 Å². The van der Waals surface area contributed by atoms with Crippen LogP contribution in [0.4, 0.5) is 8.63 Å². The van der Waals surface area contributed by atoms with E-state index in [9.17, 15) is 4.79 Å². The van der Waals surface area contributed by atoms with Gasteiger partial charge in [0.15, 0.2) is 0 Å². The van der Waals surface area contributed by atoms with Crippen molar-refractivity contribution in [2.75, 3.05) is 7.11 Å². The molecule has 0 atom stereocenters. The predicted molar refractivity (Wildman–Crippen MR) is 167 cm³/mol. The van der Waals surface area contributed by atoms with E-state index in [1.165, 1.54) is 13.3 Å². The molecule has 0 fully saturated rings. The van der Waals surface area contributed by atoms with Crippen molar-refractivity contribution in [2.45, 2.75) is 34.1 Å². The minimum atomic E-state index is -2.83. The van der Waals surface area contributed by atoms with Crippen molar-refractivity contribution in [3.63, 3.8) is 0 Å². The van der Waals surface area contributed by atoms with Crippen LogP contribution in [0.15, 0.2) is 99.7 Å². The van der Waals surface area contributed by atoms with Gasteiger partial charge in [-0.3, -0.25) is 18.4 Å². The molecular formula is C33H31BF2N4O2. The fraction of sp³-hybridized carbons (Fsp3) is 0.182. The number of aryl methyl sites for hydroxylation is 1. The molecule has 0 bridgehead atoms. The molecule has 1 N–H and O–H groups in total. The minimum Gasteiger partial charge on any atom is -0.496 e. The summed E-state index contributed by atoms with van der Waals surface area (Å²) < 4.78 is 36.7. The number of benzene rings is 3. The van der Waals surface area contributed by atoms with Crippen molar-refractivity contribution < 1.29 is 18.2 Å². The molecule has 1 aliphatic rings. The Hall–Kier alpha value is -4.79. The SMILES string of the molecule is CCC1=C(C)/C(=C(\c2ccccc2)c2c(C)c3cc(/C=N/NC(=O)c4ccccc4)c(OC)cc3n2B(F)F)N=C1C. The molecule has 212 valence electrons. The highest BCUT2D eigenvalue weighted by molar-refractivity contribution is 6.43. The number of rotatable bonds is 8. The summed E-state index contributed by atoms with van der Waals surface area (Å²) >= 11 is 0. The Morgan fingerprint density at radius 2 is 1.67 bits per heavy atom. The van der Waals surface area contributed by atoms with Crippen LogP contribution in [0.2, 0.25) is 0 Å². The number of hydrogen-bond acceptors (Lipinski definition) is 4. The molecule has 4 aromatic rings. The number of aliphatic imine (C=N–C) groups is 1. The lowest BCUT2D eigenvalue weighted by Gasteiger charge is -2.16. The lowest BCUT2D eigenvalue weighted by Crippen LogP contribution is -2.17. The van der Waals surface area contributed by atoms with Gasteiger partial charge in [-0.2, -0.15) is 5.10 Å². The quantitative estimate of drug-likeness (QED) is 0.137. The number of ether oxygens (including phenoxy) is 1. The van der Waals surface area contributed by atoms with Gasteiger partial charge in [0.05, 0.1) is 19.0 Å². The third-order valence-corrected chi connectivity index (χ3v) is 7.62. The highest BCUT2D eigenvalue weighted by atomic mass is 19.2. The molecule has 3 aromatic carbocycles. The Labute approximate surface area is 244 Å². The van der Waals surface area contributed by atoms with E-state index in [0.717, 1.165) is 33.3 Å². The van der Waals surface area contributed by atoms with E-state index in [1.807, 2.05) is 57.2 Å². The van der Waals surface area contributed by atoms with Crippen LogP contribution >= 0.6 is 0 Å². The Kier molecular flexibility index (Phi) is 8.20. The average Bonchev–Trinajstić information content (AvgIpc) is 3.44. The van der Waals surface area contributed by atoms with Gasteiger partial charge in [0, 0.05) is 45.1 Å². The summed E-state index contributed by atoms with van der Waals surface area (Å²) in [5.41, 5.74) is 10.0. The third-order valence-electron chi connectivity index (χ3n) is 7.62. The maximum absolute atomic E-state index is 15.0. The smallest absolute Gasteiger partial charge is 0.496 e. The van der Waals surface area contributed by atoms with E-state index in [1.54, 1.807) is 36.4 Å². The molecule has 1 amide bonds. The van der Waals surface area contributed by atoms with Gasteiger partial charge >= 0.3 is 7.40 Å². The molecule has 1 aliphatic heterocycles. The van der Waals surface area contributed by atoms with Gasteiger partial charge in [-0.1, -0.05) is 55.5 Å². The first-order valence-electron chi connectivity index (χ1n) is 13.7. The molecule has 5 rings (SSSR count). The summed E-state index contributed by atoms with van der Waals surface area (Å²) in [4.78, 5) is 17.3. The predicted octanol–water partition coefficient (Wildman–Crippen LogP) is 7.45. The molecule has 0 saturated heterocycles. The summed E-state index contributed by atoms with van der Waals surface area (Å²) in [5, 5.41) is 4.73. The largest absolute Gasteiger partial charge is 0.678 e. The molecule has 0 aliphatic carbocycles. The summed E-state index contributed by atoms with van der Waals surface area (Å²) in [7, 11) is -1.36. The zero-order valence-corrected chi connectivity index (χ0v) is 24.2. The molecule has 0 saturated carbocycles. The number of hydrazone groups is 1. The van der Waals surface area contributed by atoms with E-state index in [2.05, 4.69) is 17.5 Å². The number of fused-ring (bicyclic) bond motifs is 1. The van der Waals surface area contributed by atoms with Gasteiger partial charge in [0.25, 0.3) is 5.91 Å². The first-order chi connectivity index (χ1) is 20.3. The maximum atomic E-state index is 15.0. The second-order valence-corrected chi connectivity index (χ2v) is 10.0. The summed E-state index contributed by atoms with van der Waals surface area (Å²) in [6, 6.07) is 21.6. The van der Waals surface area contributed by atoms with E-state index in [4.69, 9.17) is 9.73 Å². The first-order valence-corrected chi connectivity index (χ1v) is 13.7. The molecule has 1 aromatic heterocycles. The number of hydrogen-bond donors (Lipinski definition) is 1. The van der Waals surface area contributed by atoms with Gasteiger partial charge in [-0.05, 0) is 67.7 Å². The second-order valence-electron chi connectivity index (χ2n) is 10.0. The topological polar surface area (TPSA) is 68.0 Å². The van der Waals surface area contributed by atoms with Crippen LogP contribution in [-0.4, -0.2) is 36.8 Å². The zero-order valence-electron chi connectivity index (χ0n) is 24.2. The van der Waals surface area contributed by atoms with Crippen molar-refractivity contribution >= 4 is 41.7 Å². The van der Waals surface area contributed by atoms with E-state index >= 15 is 8.63 Å². The minimum absolute atomic E-state index is 0.324. The third kappa shape index (κ3) is 5.18. The zero-order chi connectivity index (χ0) is 30.0. The van der Waals surface area contributed by atoms with Crippen LogP contribution in [0.1, 0.15) is 59.9 Å². The van der Waals surface area contributed by atoms with Crippen molar-refractivity contribution in [2.24, 2.45) is 10.1 Å². The second kappa shape index (κ2) is 12.0. The van der Waals surface area contributed by atoms with Crippen molar-refractivity contribution in [3.05, 3.63) is 118 Å². The first kappa shape index (κ1) is 28.7. The lowest BCUT2D eigenvalue weighted by atomic mass is 9.93. The highest BCUT2D eigenvalue weighted by Crippen LogP contribution is 2.42. The number of aromatic nitrogens is 1. The molecular weight excluding hydrogens is 533 g/mol. The number of carbonyl (C=O) groups excluding carboxylic acids is 1. The number of methoxy groups -OCH3 is 1.